The molecular formula is C40H43F5N8O5S. The van der Waals surface area contributed by atoms with Gasteiger partial charge in [0.25, 0.3) is 5.91 Å². The first-order valence-electron chi connectivity index (χ1n) is 18.9. The van der Waals surface area contributed by atoms with Crippen LogP contribution in [0.1, 0.15) is 50.3 Å². The lowest BCUT2D eigenvalue weighted by molar-refractivity contribution is -0.138. The molecule has 0 aliphatic carbocycles. The summed E-state index contributed by atoms with van der Waals surface area (Å²) >= 11 is 4.69. The van der Waals surface area contributed by atoms with E-state index in [0.29, 0.717) is 57.2 Å². The number of benzene rings is 3. The Morgan fingerprint density at radius 3 is 2.37 bits per heavy atom. The predicted molar refractivity (Wildman–Crippen MR) is 212 cm³/mol. The molecule has 19 heteroatoms. The molecule has 2 atom stereocenters. The maximum atomic E-state index is 14.6. The Labute approximate surface area is 342 Å². The number of hydrogen-bond donors (Lipinski definition) is 4. The first-order valence-corrected chi connectivity index (χ1v) is 19.4. The molecule has 3 aliphatic rings. The van der Waals surface area contributed by atoms with E-state index in [4.69, 9.17) is 17.4 Å². The molecule has 314 valence electrons. The van der Waals surface area contributed by atoms with Gasteiger partial charge in [0.1, 0.15) is 23.9 Å². The number of nitriles is 1. The van der Waals surface area contributed by atoms with Gasteiger partial charge < -0.3 is 20.3 Å². The van der Waals surface area contributed by atoms with Crippen LogP contribution in [0.5, 0.6) is 5.75 Å². The molecular weight excluding hydrogens is 800 g/mol. The van der Waals surface area contributed by atoms with Crippen molar-refractivity contribution in [2.24, 2.45) is 0 Å². The summed E-state index contributed by atoms with van der Waals surface area (Å²) in [4.78, 5) is 57.0. The van der Waals surface area contributed by atoms with Crippen LogP contribution in [-0.2, 0) is 31.8 Å². The fourth-order valence-corrected chi connectivity index (χ4v) is 8.06. The van der Waals surface area contributed by atoms with Crippen molar-refractivity contribution in [2.75, 3.05) is 66.3 Å². The molecule has 2 unspecified atom stereocenters. The number of piperidine rings is 1. The summed E-state index contributed by atoms with van der Waals surface area (Å²) in [7, 11) is 0. The maximum absolute atomic E-state index is 14.6. The second-order valence-electron chi connectivity index (χ2n) is 14.9. The highest BCUT2D eigenvalue weighted by Gasteiger charge is 2.52. The van der Waals surface area contributed by atoms with Crippen molar-refractivity contribution in [2.45, 2.75) is 63.3 Å². The second kappa shape index (κ2) is 17.4. The molecule has 0 spiro atoms. The molecule has 4 amide bonds. The van der Waals surface area contributed by atoms with E-state index in [1.807, 2.05) is 17.9 Å². The lowest BCUT2D eigenvalue weighted by Crippen LogP contribution is -2.49. The van der Waals surface area contributed by atoms with E-state index in [1.165, 1.54) is 17.0 Å². The highest BCUT2D eigenvalue weighted by atomic mass is 32.1. The molecule has 0 bridgehead atoms. The summed E-state index contributed by atoms with van der Waals surface area (Å²) in [5.41, 5.74) is -2.72. The molecule has 3 fully saturated rings. The minimum Gasteiger partial charge on any atom is -0.492 e. The van der Waals surface area contributed by atoms with Gasteiger partial charge in [-0.2, -0.15) is 18.4 Å². The van der Waals surface area contributed by atoms with Gasteiger partial charge >= 0.3 is 6.18 Å². The number of thiol groups is 1. The minimum atomic E-state index is -4.80. The molecule has 13 nitrogen and oxygen atoms in total. The third-order valence-corrected chi connectivity index (χ3v) is 11.1. The minimum absolute atomic E-state index is 0.0346. The van der Waals surface area contributed by atoms with Crippen LogP contribution in [0.4, 0.5) is 44.7 Å². The third-order valence-electron chi connectivity index (χ3n) is 10.6. The van der Waals surface area contributed by atoms with Gasteiger partial charge in [0.15, 0.2) is 17.1 Å². The van der Waals surface area contributed by atoms with E-state index in [-0.39, 0.29) is 36.4 Å². The summed E-state index contributed by atoms with van der Waals surface area (Å²) in [6.45, 7) is 8.44. The van der Waals surface area contributed by atoms with Crippen LogP contribution in [0, 0.1) is 23.0 Å². The van der Waals surface area contributed by atoms with Gasteiger partial charge in [-0.1, -0.05) is 6.92 Å². The number of nitrogens with one attached hydrogen (secondary N) is 3. The van der Waals surface area contributed by atoms with Crippen LogP contribution in [0.3, 0.4) is 0 Å². The number of nitrogens with zero attached hydrogens (tertiary/aromatic N) is 5. The highest BCUT2D eigenvalue weighted by Crippen LogP contribution is 2.43. The molecule has 6 rings (SSSR count). The number of rotatable bonds is 12. The zero-order valence-corrected chi connectivity index (χ0v) is 33.4. The second-order valence-corrected chi connectivity index (χ2v) is 15.4. The van der Waals surface area contributed by atoms with Gasteiger partial charge in [-0.25, -0.2) is 8.78 Å². The van der Waals surface area contributed by atoms with Gasteiger partial charge in [0, 0.05) is 62.3 Å². The molecule has 3 saturated heterocycles. The number of alkyl halides is 3. The molecule has 3 aliphatic heterocycles. The molecule has 3 aromatic rings. The number of imide groups is 1. The van der Waals surface area contributed by atoms with Gasteiger partial charge in [-0.05, 0) is 74.7 Å². The number of piperazine rings is 1. The molecule has 0 radical (unpaired) electrons. The maximum Gasteiger partial charge on any atom is 0.417 e. The zero-order valence-electron chi connectivity index (χ0n) is 32.5. The van der Waals surface area contributed by atoms with E-state index in [0.717, 1.165) is 23.8 Å². The number of halogens is 5. The third kappa shape index (κ3) is 9.40. The summed E-state index contributed by atoms with van der Waals surface area (Å²) < 4.78 is 76.5. The predicted octanol–water partition coefficient (Wildman–Crippen LogP) is 5.12. The Morgan fingerprint density at radius 2 is 1.71 bits per heavy atom. The quantitative estimate of drug-likeness (QED) is 0.110. The van der Waals surface area contributed by atoms with Crippen molar-refractivity contribution < 1.29 is 45.9 Å². The largest absolute Gasteiger partial charge is 0.492 e. The van der Waals surface area contributed by atoms with Gasteiger partial charge in [-0.15, -0.1) is 12.6 Å². The van der Waals surface area contributed by atoms with E-state index in [1.54, 1.807) is 36.9 Å². The summed E-state index contributed by atoms with van der Waals surface area (Å²) in [6, 6.07) is 11.4. The Bertz CT molecular complexity index is 2170. The van der Waals surface area contributed by atoms with Crippen molar-refractivity contribution >= 4 is 59.0 Å². The number of amides is 4. The van der Waals surface area contributed by atoms with Crippen molar-refractivity contribution in [1.29, 1.82) is 5.26 Å². The fraction of sp³-hybridized carbons (Fsp3) is 0.425. The van der Waals surface area contributed by atoms with E-state index in [9.17, 15) is 46.4 Å². The van der Waals surface area contributed by atoms with Crippen LogP contribution in [0.25, 0.3) is 0 Å². The molecule has 3 aromatic carbocycles. The number of ether oxygens (including phenoxy) is 1. The van der Waals surface area contributed by atoms with Crippen LogP contribution in [0.15, 0.2) is 48.5 Å². The molecule has 0 aromatic heterocycles. The SMILES string of the molecule is CCc1cc(N2C(S)N(c3ccc(C#N)c(C(F)(F)F)c3)C(=O)C2(C)C)ccc1OCCN1CCN(CC(=O)Nc2cc(NC3CCC(=O)NC3=O)cc(F)c2F)CC1. The first kappa shape index (κ1) is 43.1. The van der Waals surface area contributed by atoms with E-state index >= 15 is 0 Å². The van der Waals surface area contributed by atoms with Crippen molar-refractivity contribution in [3.63, 3.8) is 0 Å². The molecule has 3 N–H and O–H groups in total. The van der Waals surface area contributed by atoms with Gasteiger partial charge in [0.2, 0.25) is 17.7 Å². The Kier molecular flexibility index (Phi) is 12.7. The van der Waals surface area contributed by atoms with Gasteiger partial charge in [-0.3, -0.25) is 39.2 Å². The average Bonchev–Trinajstić information content (AvgIpc) is 3.36. The Morgan fingerprint density at radius 1 is 1.02 bits per heavy atom. The monoisotopic (exact) mass is 842 g/mol. The summed E-state index contributed by atoms with van der Waals surface area (Å²) in [6.07, 6.45) is -3.94. The number of anilines is 4. The number of carbonyl (C=O) groups excluding carboxylic acids is 4. The Balaban J connectivity index is 1.01. The number of carbonyl (C=O) groups is 4. The topological polar surface area (TPSA) is 150 Å². The van der Waals surface area contributed by atoms with Crippen LogP contribution >= 0.6 is 12.6 Å². The van der Waals surface area contributed by atoms with Crippen LogP contribution < -0.4 is 30.5 Å². The fourth-order valence-electron chi connectivity index (χ4n) is 7.40. The number of hydrogen-bond acceptors (Lipinski definition) is 11. The highest BCUT2D eigenvalue weighted by molar-refractivity contribution is 7.81. The van der Waals surface area contributed by atoms with Crippen molar-refractivity contribution in [3.8, 4) is 11.8 Å². The van der Waals surface area contributed by atoms with E-state index < -0.39 is 69.6 Å². The van der Waals surface area contributed by atoms with Crippen molar-refractivity contribution in [3.05, 3.63) is 76.9 Å². The molecule has 3 heterocycles. The first-order chi connectivity index (χ1) is 27.9. The number of aryl methyl sites for hydroxylation is 1. The molecule has 0 saturated carbocycles. The standard InChI is InChI=1S/C40H43F5N8O5S/c1-4-23-17-27(53-38(59)52(37(57)39(53,2)3)26-6-5-24(21-46)28(20-26)40(43,44)45)7-9-32(23)58-16-15-50-11-13-51(14-12-50)22-34(55)48-31-19-25(18-29(41)35(31)42)47-30-8-10-33(54)49-36(30)56/h5-7,9,17-20,30,38,47,59H,4,8,10-16,22H2,1-3H3,(H,48,55)(H,49,54,56). The Hall–Kier alpha value is -5.45. The molecule has 59 heavy (non-hydrogen) atoms. The summed E-state index contributed by atoms with van der Waals surface area (Å²) in [5, 5.41) is 16.6. The average molecular weight is 843 g/mol. The van der Waals surface area contributed by atoms with E-state index in [2.05, 4.69) is 20.9 Å². The smallest absolute Gasteiger partial charge is 0.417 e. The van der Waals surface area contributed by atoms with Crippen molar-refractivity contribution in [1.82, 2.24) is 15.1 Å². The normalized spacial score (nSPS) is 20.0. The summed E-state index contributed by atoms with van der Waals surface area (Å²) in [5.74, 6) is -3.83. The van der Waals surface area contributed by atoms with Crippen LogP contribution in [-0.4, -0.2) is 96.4 Å². The lowest BCUT2D eigenvalue weighted by atomic mass is 10.0. The zero-order chi connectivity index (χ0) is 42.8. The lowest BCUT2D eigenvalue weighted by Gasteiger charge is -2.34. The van der Waals surface area contributed by atoms with Gasteiger partial charge in [0.05, 0.1) is 29.4 Å². The van der Waals surface area contributed by atoms with Crippen LogP contribution in [0.2, 0.25) is 0 Å².